The molecule has 21 heavy (non-hydrogen) atoms. The number of hydrogen-bond acceptors (Lipinski definition) is 2. The van der Waals surface area contributed by atoms with Crippen LogP contribution in [0.2, 0.25) is 0 Å². The Morgan fingerprint density at radius 3 is 1.62 bits per heavy atom. The number of benzene rings is 1. The third kappa shape index (κ3) is 2.43. The van der Waals surface area contributed by atoms with Crippen molar-refractivity contribution >= 4 is 0 Å². The van der Waals surface area contributed by atoms with Gasteiger partial charge in [-0.25, -0.2) is 0 Å². The molecule has 0 amide bonds. The summed E-state index contributed by atoms with van der Waals surface area (Å²) in [6, 6.07) is 10.3. The molecule has 0 aromatic heterocycles. The lowest BCUT2D eigenvalue weighted by molar-refractivity contribution is -0.112. The van der Waals surface area contributed by atoms with E-state index in [9.17, 15) is 0 Å². The van der Waals surface area contributed by atoms with Crippen molar-refractivity contribution in [2.45, 2.75) is 71.9 Å². The zero-order chi connectivity index (χ0) is 15.7. The normalized spacial score (nSPS) is 33.0. The number of hydrogen-bond donors (Lipinski definition) is 0. The average Bonchev–Trinajstić information content (AvgIpc) is 2.85. The van der Waals surface area contributed by atoms with Crippen molar-refractivity contribution in [2.24, 2.45) is 11.8 Å². The van der Waals surface area contributed by atoms with Crippen molar-refractivity contribution < 1.29 is 9.47 Å². The van der Waals surface area contributed by atoms with Crippen LogP contribution in [0, 0.1) is 11.8 Å². The monoisotopic (exact) mass is 290 g/mol. The van der Waals surface area contributed by atoms with Crippen LogP contribution in [-0.2, 0) is 9.47 Å². The third-order valence-electron chi connectivity index (χ3n) is 5.34. The average molecular weight is 290 g/mol. The Morgan fingerprint density at radius 2 is 1.29 bits per heavy atom. The van der Waals surface area contributed by atoms with E-state index < -0.39 is 0 Å². The zero-order valence-corrected chi connectivity index (χ0v) is 14.3. The van der Waals surface area contributed by atoms with Crippen molar-refractivity contribution in [3.8, 4) is 0 Å². The van der Waals surface area contributed by atoms with E-state index in [1.807, 2.05) is 18.2 Å². The largest absolute Gasteiger partial charge is 0.339 e. The third-order valence-corrected chi connectivity index (χ3v) is 5.34. The molecule has 1 unspecified atom stereocenters. The maximum atomic E-state index is 6.59. The summed E-state index contributed by atoms with van der Waals surface area (Å²) in [6.45, 7) is 13.5. The summed E-state index contributed by atoms with van der Waals surface area (Å²) in [5.41, 5.74) is 0.666. The van der Waals surface area contributed by atoms with Gasteiger partial charge in [0.15, 0.2) is 6.29 Å². The van der Waals surface area contributed by atoms with Gasteiger partial charge in [0, 0.05) is 5.56 Å². The molecular formula is C19H30O2. The van der Waals surface area contributed by atoms with E-state index in [4.69, 9.17) is 9.47 Å². The summed E-state index contributed by atoms with van der Waals surface area (Å²) in [7, 11) is 0. The fraction of sp³-hybridized carbons (Fsp3) is 0.684. The first kappa shape index (κ1) is 16.5. The zero-order valence-electron chi connectivity index (χ0n) is 14.3. The molecule has 0 bridgehead atoms. The van der Waals surface area contributed by atoms with E-state index in [2.05, 4.69) is 53.7 Å². The molecule has 1 aliphatic rings. The SMILES string of the molecule is CC[C@@]1(C(C)C)OC(c2ccccc2)O[C@]1(CC)C(C)C. The highest BCUT2D eigenvalue weighted by atomic mass is 16.7. The van der Waals surface area contributed by atoms with Crippen LogP contribution in [0.25, 0.3) is 0 Å². The molecule has 0 saturated carbocycles. The molecule has 2 nitrogen and oxygen atoms in total. The smallest absolute Gasteiger partial charge is 0.185 e. The van der Waals surface area contributed by atoms with Gasteiger partial charge in [0.05, 0.1) is 0 Å². The van der Waals surface area contributed by atoms with Gasteiger partial charge in [0.25, 0.3) is 0 Å². The fourth-order valence-corrected chi connectivity index (χ4v) is 4.18. The van der Waals surface area contributed by atoms with Gasteiger partial charge >= 0.3 is 0 Å². The lowest BCUT2D eigenvalue weighted by atomic mass is 9.67. The highest BCUT2D eigenvalue weighted by Crippen LogP contribution is 2.55. The van der Waals surface area contributed by atoms with Gasteiger partial charge in [-0.3, -0.25) is 0 Å². The van der Waals surface area contributed by atoms with Crippen LogP contribution in [0.5, 0.6) is 0 Å². The summed E-state index contributed by atoms with van der Waals surface area (Å²) < 4.78 is 13.2. The van der Waals surface area contributed by atoms with Crippen LogP contribution in [0.4, 0.5) is 0 Å². The van der Waals surface area contributed by atoms with Crippen molar-refractivity contribution in [1.29, 1.82) is 0 Å². The topological polar surface area (TPSA) is 18.5 Å². The molecule has 1 aromatic rings. The molecule has 0 radical (unpaired) electrons. The standard InChI is InChI=1S/C19H30O2/c1-7-18(14(3)4)19(8-2,15(5)6)21-17(20-18)16-12-10-9-11-13-16/h9-15,17H,7-8H2,1-6H3/t17?,18-,19+. The van der Waals surface area contributed by atoms with E-state index >= 15 is 0 Å². The first-order chi connectivity index (χ1) is 9.93. The summed E-state index contributed by atoms with van der Waals surface area (Å²) in [5.74, 6) is 0.831. The van der Waals surface area contributed by atoms with Gasteiger partial charge in [0.2, 0.25) is 0 Å². The number of rotatable bonds is 5. The van der Waals surface area contributed by atoms with Gasteiger partial charge < -0.3 is 9.47 Å². The predicted octanol–water partition coefficient (Wildman–Crippen LogP) is 5.34. The Kier molecular flexibility index (Phi) is 4.79. The Hall–Kier alpha value is -0.860. The molecule has 1 aliphatic heterocycles. The van der Waals surface area contributed by atoms with E-state index in [1.54, 1.807) is 0 Å². The minimum absolute atomic E-state index is 0.226. The lowest BCUT2D eigenvalue weighted by Gasteiger charge is -2.47. The minimum Gasteiger partial charge on any atom is -0.339 e. The second-order valence-corrected chi connectivity index (χ2v) is 6.77. The lowest BCUT2D eigenvalue weighted by Crippen LogP contribution is -2.57. The molecule has 0 N–H and O–H groups in total. The molecule has 2 heteroatoms. The summed E-state index contributed by atoms with van der Waals surface area (Å²) >= 11 is 0. The fourth-order valence-electron chi connectivity index (χ4n) is 4.18. The summed E-state index contributed by atoms with van der Waals surface area (Å²) in [6.07, 6.45) is 1.69. The van der Waals surface area contributed by atoms with Crippen molar-refractivity contribution in [3.05, 3.63) is 35.9 Å². The molecule has 0 spiro atoms. The summed E-state index contributed by atoms with van der Waals surface area (Å²) in [5, 5.41) is 0. The van der Waals surface area contributed by atoms with E-state index in [-0.39, 0.29) is 17.5 Å². The van der Waals surface area contributed by atoms with Crippen LogP contribution in [0.15, 0.2) is 30.3 Å². The van der Waals surface area contributed by atoms with Crippen LogP contribution >= 0.6 is 0 Å². The van der Waals surface area contributed by atoms with Crippen LogP contribution in [-0.4, -0.2) is 11.2 Å². The van der Waals surface area contributed by atoms with E-state index in [0.717, 1.165) is 18.4 Å². The number of ether oxygens (including phenoxy) is 2. The molecule has 1 saturated heterocycles. The first-order valence-electron chi connectivity index (χ1n) is 8.34. The Balaban J connectivity index is 2.47. The second kappa shape index (κ2) is 6.10. The van der Waals surface area contributed by atoms with Gasteiger partial charge in [-0.2, -0.15) is 0 Å². The maximum absolute atomic E-state index is 6.59. The molecule has 0 aliphatic carbocycles. The highest BCUT2D eigenvalue weighted by molar-refractivity contribution is 5.20. The minimum atomic E-state index is -0.254. The highest BCUT2D eigenvalue weighted by Gasteiger charge is 2.61. The molecule has 3 atom stereocenters. The van der Waals surface area contributed by atoms with Crippen LogP contribution in [0.1, 0.15) is 66.2 Å². The molecule has 1 fully saturated rings. The van der Waals surface area contributed by atoms with Gasteiger partial charge in [-0.1, -0.05) is 71.9 Å². The van der Waals surface area contributed by atoms with Crippen molar-refractivity contribution in [3.63, 3.8) is 0 Å². The second-order valence-electron chi connectivity index (χ2n) is 6.77. The molecule has 118 valence electrons. The Morgan fingerprint density at radius 1 is 0.857 bits per heavy atom. The Bertz CT molecular complexity index is 430. The molecular weight excluding hydrogens is 260 g/mol. The Labute approximate surface area is 129 Å². The predicted molar refractivity (Wildman–Crippen MR) is 87.1 cm³/mol. The van der Waals surface area contributed by atoms with Gasteiger partial charge in [0.1, 0.15) is 11.2 Å². The molecule has 1 heterocycles. The quantitative estimate of drug-likeness (QED) is 0.728. The van der Waals surface area contributed by atoms with Gasteiger partial charge in [-0.05, 0) is 24.7 Å². The molecule has 1 aromatic carbocycles. The first-order valence-corrected chi connectivity index (χ1v) is 8.34. The van der Waals surface area contributed by atoms with E-state index in [1.165, 1.54) is 0 Å². The van der Waals surface area contributed by atoms with E-state index in [0.29, 0.717) is 11.8 Å². The summed E-state index contributed by atoms with van der Waals surface area (Å²) in [4.78, 5) is 0. The van der Waals surface area contributed by atoms with Crippen molar-refractivity contribution in [1.82, 2.24) is 0 Å². The van der Waals surface area contributed by atoms with Crippen LogP contribution < -0.4 is 0 Å². The maximum Gasteiger partial charge on any atom is 0.185 e. The van der Waals surface area contributed by atoms with Crippen molar-refractivity contribution in [2.75, 3.05) is 0 Å². The molecule has 2 rings (SSSR count). The van der Waals surface area contributed by atoms with Crippen LogP contribution in [0.3, 0.4) is 0 Å². The van der Waals surface area contributed by atoms with Gasteiger partial charge in [-0.15, -0.1) is 0 Å².